The standard InChI is InChI=1S/C21H24N4O/c1-2-7-20(8-3-1)25-12-10-19(23-25)16-24(17-21-9-5-13-26-21)15-18-6-4-11-22-14-18/h1-4,6-8,10-12,14,21H,5,9,13,15-17H2. The van der Waals surface area contributed by atoms with Crippen LogP contribution in [0.1, 0.15) is 24.1 Å². The number of para-hydroxylation sites is 1. The second-order valence-corrected chi connectivity index (χ2v) is 6.75. The molecule has 2 aromatic heterocycles. The Balaban J connectivity index is 1.47. The van der Waals surface area contributed by atoms with E-state index in [0.717, 1.165) is 50.5 Å². The van der Waals surface area contributed by atoms with Gasteiger partial charge in [0.25, 0.3) is 0 Å². The molecule has 4 rings (SSSR count). The number of rotatable bonds is 7. The Bertz CT molecular complexity index is 797. The number of aromatic nitrogens is 3. The van der Waals surface area contributed by atoms with Crippen molar-refractivity contribution in [2.24, 2.45) is 0 Å². The molecule has 1 aliphatic heterocycles. The van der Waals surface area contributed by atoms with Crippen LogP contribution in [-0.4, -0.2) is 38.9 Å². The largest absolute Gasteiger partial charge is 0.377 e. The van der Waals surface area contributed by atoms with Crippen molar-refractivity contribution in [2.45, 2.75) is 32.0 Å². The summed E-state index contributed by atoms with van der Waals surface area (Å²) < 4.78 is 7.78. The van der Waals surface area contributed by atoms with Crippen molar-refractivity contribution >= 4 is 0 Å². The summed E-state index contributed by atoms with van der Waals surface area (Å²) >= 11 is 0. The molecule has 1 saturated heterocycles. The lowest BCUT2D eigenvalue weighted by Gasteiger charge is -2.24. The van der Waals surface area contributed by atoms with Crippen molar-refractivity contribution < 1.29 is 4.74 Å². The molecule has 0 N–H and O–H groups in total. The summed E-state index contributed by atoms with van der Waals surface area (Å²) in [4.78, 5) is 6.65. The third-order valence-electron chi connectivity index (χ3n) is 4.67. The highest BCUT2D eigenvalue weighted by molar-refractivity contribution is 5.30. The zero-order valence-corrected chi connectivity index (χ0v) is 14.9. The molecule has 3 heterocycles. The third-order valence-corrected chi connectivity index (χ3v) is 4.67. The van der Waals surface area contributed by atoms with Crippen LogP contribution in [0.5, 0.6) is 0 Å². The quantitative estimate of drug-likeness (QED) is 0.656. The van der Waals surface area contributed by atoms with E-state index in [1.165, 1.54) is 5.56 Å². The Morgan fingerprint density at radius 1 is 1.08 bits per heavy atom. The van der Waals surface area contributed by atoms with E-state index in [9.17, 15) is 0 Å². The molecule has 0 bridgehead atoms. The monoisotopic (exact) mass is 348 g/mol. The maximum atomic E-state index is 5.85. The second kappa shape index (κ2) is 8.25. The molecule has 0 saturated carbocycles. The molecule has 1 aliphatic rings. The summed E-state index contributed by atoms with van der Waals surface area (Å²) in [5, 5.41) is 4.76. The van der Waals surface area contributed by atoms with Gasteiger partial charge < -0.3 is 4.74 Å². The summed E-state index contributed by atoms with van der Waals surface area (Å²) in [6, 6.07) is 16.4. The van der Waals surface area contributed by atoms with E-state index in [0.29, 0.717) is 6.10 Å². The van der Waals surface area contributed by atoms with Gasteiger partial charge in [-0.3, -0.25) is 9.88 Å². The normalized spacial score (nSPS) is 17.0. The first-order valence-corrected chi connectivity index (χ1v) is 9.20. The Morgan fingerprint density at radius 2 is 2.00 bits per heavy atom. The first-order valence-electron chi connectivity index (χ1n) is 9.20. The maximum Gasteiger partial charge on any atom is 0.0769 e. The van der Waals surface area contributed by atoms with Crippen molar-refractivity contribution in [1.29, 1.82) is 0 Å². The number of hydrogen-bond donors (Lipinski definition) is 0. The number of hydrogen-bond acceptors (Lipinski definition) is 4. The highest BCUT2D eigenvalue weighted by atomic mass is 16.5. The van der Waals surface area contributed by atoms with Gasteiger partial charge in [0.05, 0.1) is 17.5 Å². The lowest BCUT2D eigenvalue weighted by atomic mass is 10.2. The minimum atomic E-state index is 0.322. The second-order valence-electron chi connectivity index (χ2n) is 6.75. The van der Waals surface area contributed by atoms with Gasteiger partial charge in [-0.15, -0.1) is 0 Å². The van der Waals surface area contributed by atoms with Crippen LogP contribution in [0.2, 0.25) is 0 Å². The fraction of sp³-hybridized carbons (Fsp3) is 0.333. The van der Waals surface area contributed by atoms with Gasteiger partial charge in [0, 0.05) is 44.8 Å². The Kier molecular flexibility index (Phi) is 5.38. The van der Waals surface area contributed by atoms with E-state index in [1.54, 1.807) is 0 Å². The summed E-state index contributed by atoms with van der Waals surface area (Å²) in [6.45, 7) is 3.46. The average molecular weight is 348 g/mol. The van der Waals surface area contributed by atoms with E-state index in [-0.39, 0.29) is 0 Å². The molecule has 0 aliphatic carbocycles. The molecule has 3 aromatic rings. The molecule has 134 valence electrons. The SMILES string of the molecule is c1ccc(-n2ccc(CN(Cc3cccnc3)CC3CCCO3)n2)cc1. The van der Waals surface area contributed by atoms with Gasteiger partial charge in [-0.05, 0) is 42.7 Å². The predicted octanol–water partition coefficient (Wildman–Crippen LogP) is 3.45. The van der Waals surface area contributed by atoms with Crippen LogP contribution in [-0.2, 0) is 17.8 Å². The van der Waals surface area contributed by atoms with E-state index in [1.807, 2.05) is 47.5 Å². The predicted molar refractivity (Wildman–Crippen MR) is 101 cm³/mol. The fourth-order valence-electron chi connectivity index (χ4n) is 3.41. The molecule has 5 nitrogen and oxygen atoms in total. The van der Waals surface area contributed by atoms with E-state index < -0.39 is 0 Å². The van der Waals surface area contributed by atoms with Gasteiger partial charge in [-0.2, -0.15) is 5.10 Å². The van der Waals surface area contributed by atoms with Crippen LogP contribution in [0.25, 0.3) is 5.69 Å². The Labute approximate surface area is 154 Å². The highest BCUT2D eigenvalue weighted by Gasteiger charge is 2.20. The van der Waals surface area contributed by atoms with E-state index >= 15 is 0 Å². The Hall–Kier alpha value is -2.50. The van der Waals surface area contributed by atoms with Gasteiger partial charge in [0.15, 0.2) is 0 Å². The first-order chi connectivity index (χ1) is 12.9. The summed E-state index contributed by atoms with van der Waals surface area (Å²) in [6.07, 6.45) is 8.40. The van der Waals surface area contributed by atoms with E-state index in [4.69, 9.17) is 9.84 Å². The average Bonchev–Trinajstić information content (AvgIpc) is 3.35. The van der Waals surface area contributed by atoms with Crippen molar-refractivity contribution in [1.82, 2.24) is 19.7 Å². The van der Waals surface area contributed by atoms with Gasteiger partial charge in [-0.25, -0.2) is 4.68 Å². The van der Waals surface area contributed by atoms with Crippen molar-refractivity contribution in [3.63, 3.8) is 0 Å². The molecule has 0 spiro atoms. The lowest BCUT2D eigenvalue weighted by Crippen LogP contribution is -2.31. The van der Waals surface area contributed by atoms with Crippen LogP contribution < -0.4 is 0 Å². The van der Waals surface area contributed by atoms with Crippen molar-refractivity contribution in [3.8, 4) is 5.69 Å². The highest BCUT2D eigenvalue weighted by Crippen LogP contribution is 2.17. The minimum Gasteiger partial charge on any atom is -0.377 e. The number of pyridine rings is 1. The molecule has 0 amide bonds. The number of ether oxygens (including phenoxy) is 1. The molecule has 0 radical (unpaired) electrons. The maximum absolute atomic E-state index is 5.85. The molecular weight excluding hydrogens is 324 g/mol. The topological polar surface area (TPSA) is 43.2 Å². The molecule has 26 heavy (non-hydrogen) atoms. The lowest BCUT2D eigenvalue weighted by molar-refractivity contribution is 0.0674. The Morgan fingerprint density at radius 3 is 2.77 bits per heavy atom. The number of nitrogens with zero attached hydrogens (tertiary/aromatic N) is 4. The third kappa shape index (κ3) is 4.36. The summed E-state index contributed by atoms with van der Waals surface area (Å²) in [5.41, 5.74) is 3.36. The van der Waals surface area contributed by atoms with Gasteiger partial charge >= 0.3 is 0 Å². The van der Waals surface area contributed by atoms with Gasteiger partial charge in [0.1, 0.15) is 0 Å². The smallest absolute Gasteiger partial charge is 0.0769 e. The first kappa shape index (κ1) is 16.9. The van der Waals surface area contributed by atoms with Gasteiger partial charge in [0.2, 0.25) is 0 Å². The van der Waals surface area contributed by atoms with Gasteiger partial charge in [-0.1, -0.05) is 24.3 Å². The molecule has 1 fully saturated rings. The molecule has 5 heteroatoms. The molecule has 1 aromatic carbocycles. The minimum absolute atomic E-state index is 0.322. The zero-order valence-electron chi connectivity index (χ0n) is 14.9. The van der Waals surface area contributed by atoms with Crippen molar-refractivity contribution in [2.75, 3.05) is 13.2 Å². The zero-order chi connectivity index (χ0) is 17.6. The van der Waals surface area contributed by atoms with Crippen LogP contribution in [0.15, 0.2) is 67.1 Å². The molecule has 1 unspecified atom stereocenters. The van der Waals surface area contributed by atoms with Crippen molar-refractivity contribution in [3.05, 3.63) is 78.4 Å². The number of benzene rings is 1. The summed E-state index contributed by atoms with van der Waals surface area (Å²) in [7, 11) is 0. The molecule has 1 atom stereocenters. The molecular formula is C21H24N4O. The van der Waals surface area contributed by atoms with Crippen LogP contribution >= 0.6 is 0 Å². The van der Waals surface area contributed by atoms with E-state index in [2.05, 4.69) is 34.1 Å². The van der Waals surface area contributed by atoms with Crippen LogP contribution in [0.4, 0.5) is 0 Å². The van der Waals surface area contributed by atoms with Crippen LogP contribution in [0, 0.1) is 0 Å². The summed E-state index contributed by atoms with van der Waals surface area (Å²) in [5.74, 6) is 0. The fourth-order valence-corrected chi connectivity index (χ4v) is 3.41. The van der Waals surface area contributed by atoms with Crippen LogP contribution in [0.3, 0.4) is 0 Å².